The molecule has 0 bridgehead atoms. The van der Waals surface area contributed by atoms with Crippen molar-refractivity contribution in [1.29, 1.82) is 0 Å². The molecule has 0 saturated carbocycles. The van der Waals surface area contributed by atoms with Gasteiger partial charge in [0, 0.05) is 22.0 Å². The number of halogens is 2. The molecule has 0 aromatic heterocycles. The third kappa shape index (κ3) is 5.03. The zero-order chi connectivity index (χ0) is 25.1. The van der Waals surface area contributed by atoms with Crippen molar-refractivity contribution in [1.82, 2.24) is 0 Å². The van der Waals surface area contributed by atoms with Crippen molar-refractivity contribution in [2.75, 3.05) is 22.6 Å². The molecule has 10 heteroatoms. The minimum atomic E-state index is -0.674. The lowest BCUT2D eigenvalue weighted by Crippen LogP contribution is -2.32. The summed E-state index contributed by atoms with van der Waals surface area (Å²) in [6.45, 7) is 0. The van der Waals surface area contributed by atoms with Gasteiger partial charge < -0.3 is 15.4 Å². The van der Waals surface area contributed by atoms with Crippen molar-refractivity contribution in [3.05, 3.63) is 99.7 Å². The van der Waals surface area contributed by atoms with E-state index in [-0.39, 0.29) is 10.7 Å². The van der Waals surface area contributed by atoms with Gasteiger partial charge in [-0.05, 0) is 60.7 Å². The minimum Gasteiger partial charge on any atom is -0.465 e. The van der Waals surface area contributed by atoms with Gasteiger partial charge in [0.1, 0.15) is 10.7 Å². The summed E-state index contributed by atoms with van der Waals surface area (Å²) in [4.78, 5) is 50.7. The van der Waals surface area contributed by atoms with Crippen molar-refractivity contribution >= 4 is 64.0 Å². The number of amides is 3. The smallest absolute Gasteiger partial charge is 0.337 e. The summed E-state index contributed by atoms with van der Waals surface area (Å²) in [5.74, 6) is -2.23. The Bertz CT molecular complexity index is 1390. The van der Waals surface area contributed by atoms with E-state index in [1.165, 1.54) is 31.4 Å². The maximum absolute atomic E-state index is 12.9. The summed E-state index contributed by atoms with van der Waals surface area (Å²) in [5.41, 5.74) is 1.70. The van der Waals surface area contributed by atoms with Crippen LogP contribution in [0.5, 0.6) is 0 Å². The molecule has 3 aromatic carbocycles. The van der Waals surface area contributed by atoms with Crippen LogP contribution in [0.15, 0.2) is 83.5 Å². The number of esters is 1. The van der Waals surface area contributed by atoms with Crippen LogP contribution in [0.3, 0.4) is 0 Å². The molecule has 0 unspecified atom stereocenters. The third-order valence-electron chi connectivity index (χ3n) is 5.05. The predicted molar refractivity (Wildman–Crippen MR) is 133 cm³/mol. The Hall–Kier alpha value is -4.14. The van der Waals surface area contributed by atoms with Crippen molar-refractivity contribution in [3.8, 4) is 0 Å². The maximum atomic E-state index is 12.9. The lowest BCUT2D eigenvalue weighted by Gasteiger charge is -2.15. The number of nitrogens with zero attached hydrogens (tertiary/aromatic N) is 1. The fraction of sp³-hybridized carbons (Fsp3) is 0.0400. The molecular formula is C25H17Cl2N3O5. The number of methoxy groups -OCH3 is 1. The number of benzene rings is 3. The lowest BCUT2D eigenvalue weighted by molar-refractivity contribution is -0.120. The molecule has 1 heterocycles. The third-order valence-corrected chi connectivity index (χ3v) is 5.64. The van der Waals surface area contributed by atoms with E-state index in [2.05, 4.69) is 15.4 Å². The van der Waals surface area contributed by atoms with Gasteiger partial charge in [0.05, 0.1) is 18.4 Å². The molecule has 0 saturated heterocycles. The topological polar surface area (TPSA) is 105 Å². The SMILES string of the molecule is COC(=O)c1cccc(NC(=O)c2ccc(NC3=C(Cl)C(=O)N(c4cccc(Cl)c4)C3=O)cc2)c1. The molecular weight excluding hydrogens is 493 g/mol. The van der Waals surface area contributed by atoms with Crippen molar-refractivity contribution in [2.45, 2.75) is 0 Å². The summed E-state index contributed by atoms with van der Waals surface area (Å²) in [7, 11) is 1.27. The first-order valence-electron chi connectivity index (χ1n) is 10.2. The molecule has 1 aliphatic heterocycles. The molecule has 1 aliphatic rings. The summed E-state index contributed by atoms with van der Waals surface area (Å²) < 4.78 is 4.68. The summed E-state index contributed by atoms with van der Waals surface area (Å²) in [5, 5.41) is 5.66. The maximum Gasteiger partial charge on any atom is 0.337 e. The van der Waals surface area contributed by atoms with Gasteiger partial charge >= 0.3 is 5.97 Å². The quantitative estimate of drug-likeness (QED) is 0.364. The Morgan fingerprint density at radius 1 is 0.829 bits per heavy atom. The van der Waals surface area contributed by atoms with Gasteiger partial charge in [-0.3, -0.25) is 14.4 Å². The monoisotopic (exact) mass is 509 g/mol. The number of ether oxygens (including phenoxy) is 1. The second kappa shape index (κ2) is 10.0. The molecule has 3 aromatic rings. The molecule has 0 atom stereocenters. The van der Waals surface area contributed by atoms with E-state index in [9.17, 15) is 19.2 Å². The molecule has 176 valence electrons. The Kier molecular flexibility index (Phi) is 6.86. The molecule has 0 aliphatic carbocycles. The van der Waals surface area contributed by atoms with Crippen LogP contribution in [0.2, 0.25) is 5.02 Å². The molecule has 2 N–H and O–H groups in total. The van der Waals surface area contributed by atoms with E-state index in [0.717, 1.165) is 4.90 Å². The van der Waals surface area contributed by atoms with E-state index in [1.54, 1.807) is 48.5 Å². The van der Waals surface area contributed by atoms with Crippen molar-refractivity contribution < 1.29 is 23.9 Å². The highest BCUT2D eigenvalue weighted by atomic mass is 35.5. The number of hydrogen-bond acceptors (Lipinski definition) is 6. The highest BCUT2D eigenvalue weighted by Gasteiger charge is 2.39. The van der Waals surface area contributed by atoms with Crippen LogP contribution in [-0.2, 0) is 14.3 Å². The fourth-order valence-electron chi connectivity index (χ4n) is 3.36. The number of carbonyl (C=O) groups is 4. The number of imide groups is 1. The van der Waals surface area contributed by atoms with Crippen LogP contribution in [-0.4, -0.2) is 30.8 Å². The van der Waals surface area contributed by atoms with Crippen LogP contribution in [0.25, 0.3) is 0 Å². The van der Waals surface area contributed by atoms with Gasteiger partial charge in [-0.25, -0.2) is 9.69 Å². The zero-order valence-corrected chi connectivity index (χ0v) is 19.7. The van der Waals surface area contributed by atoms with Crippen LogP contribution >= 0.6 is 23.2 Å². The van der Waals surface area contributed by atoms with Crippen LogP contribution in [0.1, 0.15) is 20.7 Å². The highest BCUT2D eigenvalue weighted by Crippen LogP contribution is 2.31. The molecule has 0 radical (unpaired) electrons. The van der Waals surface area contributed by atoms with Gasteiger partial charge in [-0.1, -0.05) is 35.3 Å². The van der Waals surface area contributed by atoms with E-state index in [1.807, 2.05) is 0 Å². The van der Waals surface area contributed by atoms with Crippen molar-refractivity contribution in [3.63, 3.8) is 0 Å². The Labute approximate surface area is 210 Å². The largest absolute Gasteiger partial charge is 0.465 e. The lowest BCUT2D eigenvalue weighted by atomic mass is 10.1. The Morgan fingerprint density at radius 2 is 1.54 bits per heavy atom. The summed E-state index contributed by atoms with van der Waals surface area (Å²) in [6.07, 6.45) is 0. The molecule has 3 amide bonds. The zero-order valence-electron chi connectivity index (χ0n) is 18.2. The molecule has 4 rings (SSSR count). The minimum absolute atomic E-state index is 0.0894. The molecule has 35 heavy (non-hydrogen) atoms. The van der Waals surface area contributed by atoms with Gasteiger partial charge in [0.25, 0.3) is 17.7 Å². The van der Waals surface area contributed by atoms with Gasteiger partial charge in [0.15, 0.2) is 0 Å². The number of rotatable bonds is 6. The average Bonchev–Trinajstić information content (AvgIpc) is 3.07. The normalized spacial score (nSPS) is 13.2. The van der Waals surface area contributed by atoms with Crippen LogP contribution < -0.4 is 15.5 Å². The molecule has 0 fully saturated rings. The highest BCUT2D eigenvalue weighted by molar-refractivity contribution is 6.53. The Morgan fingerprint density at radius 3 is 2.23 bits per heavy atom. The summed E-state index contributed by atoms with van der Waals surface area (Å²) >= 11 is 12.1. The van der Waals surface area contributed by atoms with Crippen LogP contribution in [0, 0.1) is 0 Å². The standard InChI is InChI=1S/C25H17Cl2N3O5/c1-35-25(34)15-4-2-6-18(12-15)29-22(31)14-8-10-17(11-9-14)28-21-20(27)23(32)30(24(21)33)19-7-3-5-16(26)13-19/h2-13,28H,1H3,(H,29,31). The predicted octanol–water partition coefficient (Wildman–Crippen LogP) is 4.81. The Balaban J connectivity index is 1.46. The second-order valence-electron chi connectivity index (χ2n) is 7.34. The first-order chi connectivity index (χ1) is 16.8. The number of carbonyl (C=O) groups excluding carboxylic acids is 4. The summed E-state index contributed by atoms with van der Waals surface area (Å²) in [6, 6.07) is 18.8. The van der Waals surface area contributed by atoms with Crippen LogP contribution in [0.4, 0.5) is 17.1 Å². The molecule has 8 nitrogen and oxygen atoms in total. The first-order valence-corrected chi connectivity index (χ1v) is 10.9. The van der Waals surface area contributed by atoms with E-state index >= 15 is 0 Å². The van der Waals surface area contributed by atoms with E-state index in [4.69, 9.17) is 23.2 Å². The average molecular weight is 510 g/mol. The second-order valence-corrected chi connectivity index (χ2v) is 8.16. The number of nitrogens with one attached hydrogen (secondary N) is 2. The number of hydrogen-bond donors (Lipinski definition) is 2. The molecule has 0 spiro atoms. The van der Waals surface area contributed by atoms with Gasteiger partial charge in [-0.15, -0.1) is 0 Å². The van der Waals surface area contributed by atoms with Gasteiger partial charge in [0.2, 0.25) is 0 Å². The van der Waals surface area contributed by atoms with Crippen molar-refractivity contribution in [2.24, 2.45) is 0 Å². The van der Waals surface area contributed by atoms with E-state index in [0.29, 0.717) is 33.2 Å². The number of anilines is 3. The van der Waals surface area contributed by atoms with Gasteiger partial charge in [-0.2, -0.15) is 0 Å². The fourth-order valence-corrected chi connectivity index (χ4v) is 3.75. The van der Waals surface area contributed by atoms with E-state index < -0.39 is 23.7 Å². The first kappa shape index (κ1) is 24.0.